The first-order chi connectivity index (χ1) is 7.40. The number of hydrogen-bond donors (Lipinski definition) is 1. The Balaban J connectivity index is 2.24. The third-order valence-electron chi connectivity index (χ3n) is 1.84. The molecule has 0 unspecified atom stereocenters. The summed E-state index contributed by atoms with van der Waals surface area (Å²) in [6.45, 7) is 0. The van der Waals surface area contributed by atoms with Gasteiger partial charge in [-0.2, -0.15) is 5.10 Å². The molecule has 76 valence electrons. The van der Waals surface area contributed by atoms with E-state index in [1.165, 1.54) is 6.20 Å². The molecule has 5 nitrogen and oxygen atoms in total. The molecule has 5 heteroatoms. The van der Waals surface area contributed by atoms with Gasteiger partial charge in [-0.1, -0.05) is 12.1 Å². The Morgan fingerprint density at radius 3 is 2.80 bits per heavy atom. The Labute approximate surface area is 87.1 Å². The van der Waals surface area contributed by atoms with Gasteiger partial charge in [-0.25, -0.2) is 4.98 Å². The molecule has 0 atom stereocenters. The van der Waals surface area contributed by atoms with Crippen molar-refractivity contribution in [2.45, 2.75) is 0 Å². The molecule has 1 N–H and O–H groups in total. The van der Waals surface area contributed by atoms with Gasteiger partial charge < -0.3 is 10.1 Å². The van der Waals surface area contributed by atoms with Crippen molar-refractivity contribution in [1.82, 2.24) is 15.2 Å². The molecule has 0 saturated heterocycles. The maximum absolute atomic E-state index is 5.18. The highest BCUT2D eigenvalue weighted by molar-refractivity contribution is 5.61. The minimum atomic E-state index is 0.446. The predicted octanol–water partition coefficient (Wildman–Crippen LogP) is 1.62. The second kappa shape index (κ2) is 4.36. The van der Waals surface area contributed by atoms with Crippen LogP contribution in [0.4, 0.5) is 11.6 Å². The molecule has 0 aliphatic carbocycles. The maximum atomic E-state index is 5.18. The minimum Gasteiger partial charge on any atom is -0.495 e. The first-order valence-electron chi connectivity index (χ1n) is 4.44. The van der Waals surface area contributed by atoms with Crippen LogP contribution >= 0.6 is 0 Å². The molecule has 0 aliphatic rings. The van der Waals surface area contributed by atoms with Crippen LogP contribution in [0.15, 0.2) is 36.7 Å². The van der Waals surface area contributed by atoms with E-state index in [-0.39, 0.29) is 0 Å². The molecule has 0 radical (unpaired) electrons. The van der Waals surface area contributed by atoms with Gasteiger partial charge in [0, 0.05) is 0 Å². The third kappa shape index (κ3) is 2.19. The molecule has 0 aliphatic heterocycles. The molecule has 0 bridgehead atoms. The average Bonchev–Trinajstić information content (AvgIpc) is 2.31. The highest BCUT2D eigenvalue weighted by Crippen LogP contribution is 2.24. The van der Waals surface area contributed by atoms with E-state index in [1.807, 2.05) is 24.3 Å². The Morgan fingerprint density at radius 1 is 1.20 bits per heavy atom. The van der Waals surface area contributed by atoms with E-state index in [9.17, 15) is 0 Å². The van der Waals surface area contributed by atoms with Gasteiger partial charge in [0.05, 0.1) is 25.2 Å². The van der Waals surface area contributed by atoms with E-state index in [0.29, 0.717) is 5.95 Å². The molecule has 2 aromatic rings. The summed E-state index contributed by atoms with van der Waals surface area (Å²) in [5.41, 5.74) is 0.813. The molecule has 0 saturated carbocycles. The second-order valence-electron chi connectivity index (χ2n) is 2.79. The number of nitrogens with one attached hydrogen (secondary N) is 1. The van der Waals surface area contributed by atoms with E-state index in [2.05, 4.69) is 20.5 Å². The molecule has 1 aromatic heterocycles. The zero-order valence-corrected chi connectivity index (χ0v) is 8.21. The summed E-state index contributed by atoms with van der Waals surface area (Å²) >= 11 is 0. The Morgan fingerprint density at radius 2 is 2.07 bits per heavy atom. The van der Waals surface area contributed by atoms with Crippen molar-refractivity contribution in [2.24, 2.45) is 0 Å². The predicted molar refractivity (Wildman–Crippen MR) is 56.1 cm³/mol. The summed E-state index contributed by atoms with van der Waals surface area (Å²) in [5, 5.41) is 10.6. The lowest BCUT2D eigenvalue weighted by Crippen LogP contribution is -1.99. The van der Waals surface area contributed by atoms with Crippen LogP contribution in [0, 0.1) is 0 Å². The first-order valence-corrected chi connectivity index (χ1v) is 4.44. The van der Waals surface area contributed by atoms with E-state index >= 15 is 0 Å². The molecule has 1 aromatic carbocycles. The number of para-hydroxylation sites is 2. The number of benzene rings is 1. The van der Waals surface area contributed by atoms with Crippen LogP contribution < -0.4 is 10.1 Å². The zero-order chi connectivity index (χ0) is 10.5. The van der Waals surface area contributed by atoms with Crippen LogP contribution in [0.5, 0.6) is 5.75 Å². The van der Waals surface area contributed by atoms with Crippen LogP contribution in [0.1, 0.15) is 0 Å². The quantitative estimate of drug-likeness (QED) is 0.819. The van der Waals surface area contributed by atoms with Gasteiger partial charge in [0.15, 0.2) is 0 Å². The Hall–Kier alpha value is -2.17. The molecule has 0 spiro atoms. The molecular formula is C10H10N4O. The van der Waals surface area contributed by atoms with Gasteiger partial charge in [0.1, 0.15) is 5.75 Å². The van der Waals surface area contributed by atoms with Crippen molar-refractivity contribution in [1.29, 1.82) is 0 Å². The highest BCUT2D eigenvalue weighted by atomic mass is 16.5. The lowest BCUT2D eigenvalue weighted by atomic mass is 10.3. The van der Waals surface area contributed by atoms with E-state index in [1.54, 1.807) is 13.3 Å². The maximum Gasteiger partial charge on any atom is 0.247 e. The first kappa shape index (κ1) is 9.39. The Kier molecular flexibility index (Phi) is 2.73. The molecule has 0 fully saturated rings. The summed E-state index contributed by atoms with van der Waals surface area (Å²) in [5.74, 6) is 1.19. The number of aromatic nitrogens is 3. The molecule has 15 heavy (non-hydrogen) atoms. The average molecular weight is 202 g/mol. The number of nitrogens with zero attached hydrogens (tertiary/aromatic N) is 3. The molecule has 1 heterocycles. The monoisotopic (exact) mass is 202 g/mol. The summed E-state index contributed by atoms with van der Waals surface area (Å²) in [6.07, 6.45) is 3.10. The van der Waals surface area contributed by atoms with Crippen molar-refractivity contribution in [3.8, 4) is 5.75 Å². The summed E-state index contributed by atoms with van der Waals surface area (Å²) in [7, 11) is 1.62. The van der Waals surface area contributed by atoms with Gasteiger partial charge in [0.25, 0.3) is 0 Å². The summed E-state index contributed by atoms with van der Waals surface area (Å²) < 4.78 is 5.18. The number of methoxy groups -OCH3 is 1. The van der Waals surface area contributed by atoms with Crippen LogP contribution in [0.25, 0.3) is 0 Å². The minimum absolute atomic E-state index is 0.446. The fourth-order valence-corrected chi connectivity index (χ4v) is 1.17. The van der Waals surface area contributed by atoms with Crippen molar-refractivity contribution in [3.05, 3.63) is 36.7 Å². The van der Waals surface area contributed by atoms with Crippen LogP contribution in [0.2, 0.25) is 0 Å². The lowest BCUT2D eigenvalue weighted by Gasteiger charge is -2.08. The highest BCUT2D eigenvalue weighted by Gasteiger charge is 2.02. The van der Waals surface area contributed by atoms with Crippen molar-refractivity contribution >= 4 is 11.6 Å². The number of anilines is 2. The second-order valence-corrected chi connectivity index (χ2v) is 2.79. The Bertz CT molecular complexity index is 432. The van der Waals surface area contributed by atoms with Crippen LogP contribution in [-0.4, -0.2) is 22.3 Å². The molecule has 0 amide bonds. The normalized spacial score (nSPS) is 9.67. The smallest absolute Gasteiger partial charge is 0.247 e. The van der Waals surface area contributed by atoms with Crippen LogP contribution in [0.3, 0.4) is 0 Å². The fraction of sp³-hybridized carbons (Fsp3) is 0.100. The fourth-order valence-electron chi connectivity index (χ4n) is 1.17. The number of hydrogen-bond acceptors (Lipinski definition) is 5. The van der Waals surface area contributed by atoms with Gasteiger partial charge >= 0.3 is 0 Å². The third-order valence-corrected chi connectivity index (χ3v) is 1.84. The molecular weight excluding hydrogens is 192 g/mol. The summed E-state index contributed by atoms with van der Waals surface area (Å²) in [4.78, 5) is 4.01. The largest absolute Gasteiger partial charge is 0.495 e. The van der Waals surface area contributed by atoms with Crippen molar-refractivity contribution in [2.75, 3.05) is 12.4 Å². The number of ether oxygens (including phenoxy) is 1. The molecule has 2 rings (SSSR count). The lowest BCUT2D eigenvalue weighted by molar-refractivity contribution is 0.417. The van der Waals surface area contributed by atoms with Crippen molar-refractivity contribution < 1.29 is 4.74 Å². The van der Waals surface area contributed by atoms with E-state index < -0.39 is 0 Å². The van der Waals surface area contributed by atoms with E-state index in [0.717, 1.165) is 11.4 Å². The van der Waals surface area contributed by atoms with Gasteiger partial charge in [0.2, 0.25) is 5.95 Å². The van der Waals surface area contributed by atoms with Gasteiger partial charge in [-0.3, -0.25) is 0 Å². The standard InChI is InChI=1S/C10H10N4O/c1-15-9-5-3-2-4-8(9)13-10-11-6-7-12-14-10/h2-7H,1H3,(H,11,13,14). The van der Waals surface area contributed by atoms with Crippen LogP contribution in [-0.2, 0) is 0 Å². The zero-order valence-electron chi connectivity index (χ0n) is 8.21. The van der Waals surface area contributed by atoms with Gasteiger partial charge in [-0.05, 0) is 12.1 Å². The topological polar surface area (TPSA) is 59.9 Å². The van der Waals surface area contributed by atoms with E-state index in [4.69, 9.17) is 4.74 Å². The summed E-state index contributed by atoms with van der Waals surface area (Å²) in [6, 6.07) is 7.54. The SMILES string of the molecule is COc1ccccc1Nc1nccnn1. The number of rotatable bonds is 3. The van der Waals surface area contributed by atoms with Crippen molar-refractivity contribution in [3.63, 3.8) is 0 Å². The van der Waals surface area contributed by atoms with Gasteiger partial charge in [-0.15, -0.1) is 5.10 Å².